The summed E-state index contributed by atoms with van der Waals surface area (Å²) in [5, 5.41) is 0.111. The zero-order valence-corrected chi connectivity index (χ0v) is 13.0. The van der Waals surface area contributed by atoms with E-state index in [1.165, 1.54) is 10.5 Å². The van der Waals surface area contributed by atoms with Crippen molar-refractivity contribution in [3.05, 3.63) is 35.7 Å². The van der Waals surface area contributed by atoms with Crippen LogP contribution in [0.4, 0.5) is 11.9 Å². The summed E-state index contributed by atoms with van der Waals surface area (Å²) in [6.45, 7) is 4.17. The molecule has 0 aliphatic carbocycles. The van der Waals surface area contributed by atoms with Gasteiger partial charge >= 0.3 is 0 Å². The molecule has 0 bridgehead atoms. The first-order valence-corrected chi connectivity index (χ1v) is 7.26. The molecular formula is C14H19N5S. The van der Waals surface area contributed by atoms with Gasteiger partial charge in [0.2, 0.25) is 11.9 Å². The molecule has 0 spiro atoms. The highest BCUT2D eigenvalue weighted by atomic mass is 32.2. The van der Waals surface area contributed by atoms with Gasteiger partial charge in [-0.3, -0.25) is 0 Å². The van der Waals surface area contributed by atoms with E-state index in [-0.39, 0.29) is 11.2 Å². The lowest BCUT2D eigenvalue weighted by atomic mass is 10.2. The van der Waals surface area contributed by atoms with E-state index in [0.29, 0.717) is 11.8 Å². The molecule has 0 saturated carbocycles. The number of benzene rings is 1. The Bertz CT molecular complexity index is 600. The van der Waals surface area contributed by atoms with E-state index in [9.17, 15) is 0 Å². The zero-order valence-electron chi connectivity index (χ0n) is 12.2. The molecule has 1 aromatic carbocycles. The highest BCUT2D eigenvalue weighted by molar-refractivity contribution is 7.99. The van der Waals surface area contributed by atoms with Crippen LogP contribution in [0.1, 0.15) is 23.6 Å². The molecule has 20 heavy (non-hydrogen) atoms. The molecule has 0 saturated heterocycles. The van der Waals surface area contributed by atoms with Crippen LogP contribution in [0.3, 0.4) is 0 Å². The summed E-state index contributed by atoms with van der Waals surface area (Å²) in [7, 11) is 3.77. The molecule has 2 N–H and O–H groups in total. The second-order valence-corrected chi connectivity index (χ2v) is 6.15. The van der Waals surface area contributed by atoms with Crippen molar-refractivity contribution in [2.24, 2.45) is 0 Å². The van der Waals surface area contributed by atoms with Crippen molar-refractivity contribution in [3.63, 3.8) is 0 Å². The van der Waals surface area contributed by atoms with Gasteiger partial charge in [0.1, 0.15) is 5.82 Å². The van der Waals surface area contributed by atoms with Crippen molar-refractivity contribution in [2.45, 2.75) is 24.0 Å². The fraction of sp³-hybridized carbons (Fsp3) is 0.357. The third-order valence-electron chi connectivity index (χ3n) is 2.82. The van der Waals surface area contributed by atoms with Gasteiger partial charge in [0.15, 0.2) is 0 Å². The first-order valence-electron chi connectivity index (χ1n) is 6.38. The fourth-order valence-corrected chi connectivity index (χ4v) is 2.71. The van der Waals surface area contributed by atoms with Gasteiger partial charge in [0.25, 0.3) is 0 Å². The molecule has 0 fully saturated rings. The molecule has 1 atom stereocenters. The number of rotatable bonds is 4. The Morgan fingerprint density at radius 2 is 1.85 bits per heavy atom. The van der Waals surface area contributed by atoms with Gasteiger partial charge in [-0.2, -0.15) is 15.0 Å². The van der Waals surface area contributed by atoms with Crippen molar-refractivity contribution in [1.29, 1.82) is 0 Å². The topological polar surface area (TPSA) is 67.9 Å². The van der Waals surface area contributed by atoms with Gasteiger partial charge in [-0.25, -0.2) is 0 Å². The number of nitrogen functional groups attached to an aromatic ring is 1. The smallest absolute Gasteiger partial charge is 0.229 e. The van der Waals surface area contributed by atoms with Crippen molar-refractivity contribution < 1.29 is 0 Å². The molecule has 0 amide bonds. The summed E-state index contributed by atoms with van der Waals surface area (Å²) in [6.07, 6.45) is 0. The van der Waals surface area contributed by atoms with E-state index in [2.05, 4.69) is 40.9 Å². The second-order valence-electron chi connectivity index (χ2n) is 4.77. The molecule has 0 aliphatic rings. The molecular weight excluding hydrogens is 270 g/mol. The molecule has 2 rings (SSSR count). The summed E-state index contributed by atoms with van der Waals surface area (Å²) < 4.78 is 0. The quantitative estimate of drug-likeness (QED) is 0.873. The minimum atomic E-state index is 0.111. The van der Waals surface area contributed by atoms with Crippen LogP contribution in [-0.2, 0) is 0 Å². The van der Waals surface area contributed by atoms with Crippen LogP contribution in [0, 0.1) is 6.92 Å². The van der Waals surface area contributed by atoms with Crippen LogP contribution in [0.2, 0.25) is 0 Å². The number of aryl methyl sites for hydroxylation is 1. The molecule has 5 nitrogen and oxygen atoms in total. The molecule has 2 aromatic rings. The average molecular weight is 289 g/mol. The Hall–Kier alpha value is -1.82. The Morgan fingerprint density at radius 3 is 2.50 bits per heavy atom. The van der Waals surface area contributed by atoms with E-state index >= 15 is 0 Å². The number of anilines is 2. The minimum absolute atomic E-state index is 0.111. The first kappa shape index (κ1) is 14.6. The van der Waals surface area contributed by atoms with Gasteiger partial charge < -0.3 is 10.6 Å². The van der Waals surface area contributed by atoms with Crippen molar-refractivity contribution in [2.75, 3.05) is 24.7 Å². The van der Waals surface area contributed by atoms with E-state index in [4.69, 9.17) is 5.73 Å². The highest BCUT2D eigenvalue weighted by Crippen LogP contribution is 2.35. The van der Waals surface area contributed by atoms with Crippen molar-refractivity contribution in [3.8, 4) is 0 Å². The lowest BCUT2D eigenvalue weighted by Crippen LogP contribution is -2.16. The van der Waals surface area contributed by atoms with Crippen LogP contribution in [-0.4, -0.2) is 29.0 Å². The zero-order chi connectivity index (χ0) is 14.7. The molecule has 1 aromatic heterocycles. The van der Waals surface area contributed by atoms with Crippen LogP contribution in [0.5, 0.6) is 0 Å². The average Bonchev–Trinajstić information content (AvgIpc) is 2.40. The standard InChI is InChI=1S/C14H19N5S/c1-9-7-5-6-8-11(9)20-10(2)12-16-13(15)18-14(17-12)19(3)4/h5-8,10H,1-4H3,(H2,15,16,17,18). The third kappa shape index (κ3) is 3.39. The van der Waals surface area contributed by atoms with Crippen molar-refractivity contribution >= 4 is 23.7 Å². The summed E-state index contributed by atoms with van der Waals surface area (Å²) >= 11 is 1.73. The molecule has 0 radical (unpaired) electrons. The largest absolute Gasteiger partial charge is 0.368 e. The van der Waals surface area contributed by atoms with E-state index in [1.54, 1.807) is 11.8 Å². The maximum atomic E-state index is 5.76. The van der Waals surface area contributed by atoms with Crippen LogP contribution >= 0.6 is 11.8 Å². The van der Waals surface area contributed by atoms with Crippen LogP contribution in [0.15, 0.2) is 29.2 Å². The first-order chi connectivity index (χ1) is 9.47. The number of nitrogens with two attached hydrogens (primary N) is 1. The molecule has 1 heterocycles. The number of hydrogen-bond donors (Lipinski definition) is 1. The molecule has 6 heteroatoms. The van der Waals surface area contributed by atoms with E-state index in [1.807, 2.05) is 31.1 Å². The number of nitrogens with zero attached hydrogens (tertiary/aromatic N) is 4. The van der Waals surface area contributed by atoms with Gasteiger partial charge in [0, 0.05) is 19.0 Å². The van der Waals surface area contributed by atoms with Gasteiger partial charge in [-0.1, -0.05) is 18.2 Å². The summed E-state index contributed by atoms with van der Waals surface area (Å²) in [6, 6.07) is 8.28. The molecule has 0 aliphatic heterocycles. The molecule has 1 unspecified atom stereocenters. The third-order valence-corrected chi connectivity index (χ3v) is 4.10. The normalized spacial score (nSPS) is 12.2. The van der Waals surface area contributed by atoms with Gasteiger partial charge in [-0.15, -0.1) is 11.8 Å². The second kappa shape index (κ2) is 6.09. The van der Waals surface area contributed by atoms with E-state index in [0.717, 1.165) is 0 Å². The van der Waals surface area contributed by atoms with Crippen LogP contribution in [0.25, 0.3) is 0 Å². The van der Waals surface area contributed by atoms with Gasteiger partial charge in [-0.05, 0) is 25.5 Å². The minimum Gasteiger partial charge on any atom is -0.368 e. The van der Waals surface area contributed by atoms with Gasteiger partial charge in [0.05, 0.1) is 5.25 Å². The SMILES string of the molecule is Cc1ccccc1SC(C)c1nc(N)nc(N(C)C)n1. The monoisotopic (exact) mass is 289 g/mol. The highest BCUT2D eigenvalue weighted by Gasteiger charge is 2.15. The fourth-order valence-electron chi connectivity index (χ4n) is 1.71. The number of hydrogen-bond acceptors (Lipinski definition) is 6. The predicted molar refractivity (Wildman–Crippen MR) is 84.0 cm³/mol. The Labute approximate surface area is 123 Å². The Morgan fingerprint density at radius 1 is 1.15 bits per heavy atom. The molecule has 106 valence electrons. The summed E-state index contributed by atoms with van der Waals surface area (Å²) in [4.78, 5) is 15.9. The number of aromatic nitrogens is 3. The lowest BCUT2D eigenvalue weighted by Gasteiger charge is -2.15. The summed E-state index contributed by atoms with van der Waals surface area (Å²) in [5.74, 6) is 1.55. The van der Waals surface area contributed by atoms with Crippen LogP contribution < -0.4 is 10.6 Å². The maximum Gasteiger partial charge on any atom is 0.229 e. The number of thioether (sulfide) groups is 1. The maximum absolute atomic E-state index is 5.76. The van der Waals surface area contributed by atoms with Crippen molar-refractivity contribution in [1.82, 2.24) is 15.0 Å². The Kier molecular flexibility index (Phi) is 4.44. The summed E-state index contributed by atoms with van der Waals surface area (Å²) in [5.41, 5.74) is 7.01. The Balaban J connectivity index is 2.25. The lowest BCUT2D eigenvalue weighted by molar-refractivity contribution is 0.864. The predicted octanol–water partition coefficient (Wildman–Crippen LogP) is 2.68. The van der Waals surface area contributed by atoms with E-state index < -0.39 is 0 Å².